The summed E-state index contributed by atoms with van der Waals surface area (Å²) in [5.74, 6) is -3.43. The normalized spacial score (nSPS) is 14.0. The molecule has 1 aromatic carbocycles. The Kier molecular flexibility index (Phi) is 6.39. The molecule has 1 aliphatic rings. The Morgan fingerprint density at radius 3 is 2.47 bits per heavy atom. The first-order chi connectivity index (χ1) is 13.8. The van der Waals surface area contributed by atoms with E-state index in [0.29, 0.717) is 24.4 Å². The van der Waals surface area contributed by atoms with Gasteiger partial charge in [0.2, 0.25) is 0 Å². The number of carboxylic acids is 1. The van der Waals surface area contributed by atoms with Crippen LogP contribution in [-0.2, 0) is 9.59 Å². The van der Waals surface area contributed by atoms with Crippen molar-refractivity contribution in [3.05, 3.63) is 40.2 Å². The smallest absolute Gasteiger partial charge is 0.394 e. The van der Waals surface area contributed by atoms with E-state index < -0.39 is 23.5 Å². The SMILES string of the molecule is Cl.O=C(O)C(=O)N1CCN(c2nc(-c3cc(F)c(Cl)cc3F)nc3ccsc23)CC1. The number of amides is 1. The van der Waals surface area contributed by atoms with E-state index in [-0.39, 0.29) is 41.9 Å². The van der Waals surface area contributed by atoms with E-state index in [1.807, 2.05) is 10.3 Å². The number of fused-ring (bicyclic) bond motifs is 1. The van der Waals surface area contributed by atoms with Gasteiger partial charge in [0.1, 0.15) is 11.6 Å². The topological polar surface area (TPSA) is 86.6 Å². The summed E-state index contributed by atoms with van der Waals surface area (Å²) < 4.78 is 29.0. The van der Waals surface area contributed by atoms with Crippen LogP contribution in [0.15, 0.2) is 23.6 Å². The van der Waals surface area contributed by atoms with Gasteiger partial charge in [0, 0.05) is 26.2 Å². The molecule has 0 unspecified atom stereocenters. The van der Waals surface area contributed by atoms with Gasteiger partial charge in [-0.3, -0.25) is 4.79 Å². The number of carbonyl (C=O) groups excluding carboxylic acids is 1. The largest absolute Gasteiger partial charge is 0.474 e. The highest BCUT2D eigenvalue weighted by Crippen LogP contribution is 2.33. The Morgan fingerprint density at radius 1 is 1.10 bits per heavy atom. The summed E-state index contributed by atoms with van der Waals surface area (Å²) in [6, 6.07) is 3.59. The van der Waals surface area contributed by atoms with E-state index in [1.165, 1.54) is 16.2 Å². The molecule has 1 amide bonds. The first kappa shape index (κ1) is 22.1. The molecule has 0 saturated carbocycles. The number of nitrogens with zero attached hydrogens (tertiary/aromatic N) is 4. The third-order valence-electron chi connectivity index (χ3n) is 4.59. The summed E-state index contributed by atoms with van der Waals surface area (Å²) in [6.07, 6.45) is 0. The zero-order chi connectivity index (χ0) is 20.7. The van der Waals surface area contributed by atoms with Crippen LogP contribution in [0, 0.1) is 11.6 Å². The monoisotopic (exact) mass is 474 g/mol. The van der Waals surface area contributed by atoms with Gasteiger partial charge >= 0.3 is 11.9 Å². The second-order valence-electron chi connectivity index (χ2n) is 6.34. The lowest BCUT2D eigenvalue weighted by atomic mass is 10.2. The predicted molar refractivity (Wildman–Crippen MR) is 111 cm³/mol. The molecule has 1 N–H and O–H groups in total. The molecule has 0 atom stereocenters. The first-order valence-corrected chi connectivity index (χ1v) is 9.78. The molecular weight excluding hydrogens is 461 g/mol. The number of benzene rings is 1. The molecule has 30 heavy (non-hydrogen) atoms. The highest BCUT2D eigenvalue weighted by atomic mass is 35.5. The van der Waals surface area contributed by atoms with E-state index in [4.69, 9.17) is 16.7 Å². The van der Waals surface area contributed by atoms with Gasteiger partial charge < -0.3 is 14.9 Å². The number of carboxylic acid groups (broad SMARTS) is 1. The first-order valence-electron chi connectivity index (χ1n) is 8.52. The minimum Gasteiger partial charge on any atom is -0.474 e. The molecule has 3 heterocycles. The Labute approximate surface area is 184 Å². The molecule has 0 aliphatic carbocycles. The minimum absolute atomic E-state index is 0. The molecule has 1 fully saturated rings. The number of hydrogen-bond donors (Lipinski definition) is 1. The number of rotatable bonds is 2. The zero-order valence-electron chi connectivity index (χ0n) is 15.1. The van der Waals surface area contributed by atoms with Crippen molar-refractivity contribution in [3.63, 3.8) is 0 Å². The molecule has 4 rings (SSSR count). The van der Waals surface area contributed by atoms with Crippen LogP contribution in [0.5, 0.6) is 0 Å². The summed E-state index contributed by atoms with van der Waals surface area (Å²) in [6.45, 7) is 1.11. The van der Waals surface area contributed by atoms with E-state index in [1.54, 1.807) is 6.07 Å². The lowest BCUT2D eigenvalue weighted by Crippen LogP contribution is -2.50. The number of thiophene rings is 1. The maximum atomic E-state index is 14.4. The molecule has 0 spiro atoms. The van der Waals surface area contributed by atoms with Crippen LogP contribution >= 0.6 is 35.3 Å². The highest BCUT2D eigenvalue weighted by molar-refractivity contribution is 7.17. The second-order valence-corrected chi connectivity index (χ2v) is 7.66. The van der Waals surface area contributed by atoms with Crippen LogP contribution in [0.1, 0.15) is 0 Å². The average Bonchev–Trinajstić information content (AvgIpc) is 3.18. The van der Waals surface area contributed by atoms with Crippen LogP contribution in [0.3, 0.4) is 0 Å². The van der Waals surface area contributed by atoms with Gasteiger partial charge in [0.15, 0.2) is 11.6 Å². The van der Waals surface area contributed by atoms with Gasteiger partial charge in [-0.2, -0.15) is 0 Å². The van der Waals surface area contributed by atoms with Crippen molar-refractivity contribution < 1.29 is 23.5 Å². The maximum absolute atomic E-state index is 14.4. The number of aromatic nitrogens is 2. The van der Waals surface area contributed by atoms with Crippen molar-refractivity contribution >= 4 is 63.3 Å². The Balaban J connectivity index is 0.00000256. The van der Waals surface area contributed by atoms with Crippen LogP contribution in [-0.4, -0.2) is 58.0 Å². The lowest BCUT2D eigenvalue weighted by Gasteiger charge is -2.34. The molecule has 158 valence electrons. The van der Waals surface area contributed by atoms with Crippen molar-refractivity contribution in [3.8, 4) is 11.4 Å². The molecular formula is C18H14Cl2F2N4O3S. The molecule has 0 bridgehead atoms. The van der Waals surface area contributed by atoms with Crippen molar-refractivity contribution in [2.45, 2.75) is 0 Å². The number of anilines is 1. The summed E-state index contributed by atoms with van der Waals surface area (Å²) >= 11 is 7.03. The standard InChI is InChI=1S/C18H13ClF2N4O3S.ClH/c19-10-8-11(20)9(7-12(10)21)15-22-13-1-6-29-14(13)16(23-15)24-2-4-25(5-3-24)17(26)18(27)28;/h1,6-8H,2-5H2,(H,27,28);1H. The van der Waals surface area contributed by atoms with Crippen LogP contribution in [0.4, 0.5) is 14.6 Å². The van der Waals surface area contributed by atoms with E-state index in [2.05, 4.69) is 9.97 Å². The lowest BCUT2D eigenvalue weighted by molar-refractivity contribution is -0.156. The third-order valence-corrected chi connectivity index (χ3v) is 5.78. The fraction of sp³-hybridized carbons (Fsp3) is 0.222. The van der Waals surface area contributed by atoms with Crippen molar-refractivity contribution in [1.29, 1.82) is 0 Å². The number of carbonyl (C=O) groups is 2. The van der Waals surface area contributed by atoms with E-state index in [9.17, 15) is 18.4 Å². The van der Waals surface area contributed by atoms with E-state index in [0.717, 1.165) is 16.8 Å². The van der Waals surface area contributed by atoms with Crippen molar-refractivity contribution in [1.82, 2.24) is 14.9 Å². The van der Waals surface area contributed by atoms with E-state index >= 15 is 0 Å². The number of halogens is 4. The fourth-order valence-corrected chi connectivity index (χ4v) is 4.13. The molecule has 3 aromatic rings. The van der Waals surface area contributed by atoms with Crippen molar-refractivity contribution in [2.75, 3.05) is 31.1 Å². The van der Waals surface area contributed by atoms with Crippen LogP contribution in [0.2, 0.25) is 5.02 Å². The maximum Gasteiger partial charge on any atom is 0.394 e. The number of piperazine rings is 1. The molecule has 1 aliphatic heterocycles. The molecule has 12 heteroatoms. The van der Waals surface area contributed by atoms with Crippen LogP contribution < -0.4 is 4.90 Å². The third kappa shape index (κ3) is 4.03. The Bertz CT molecular complexity index is 1140. The predicted octanol–water partition coefficient (Wildman–Crippen LogP) is 3.44. The summed E-state index contributed by atoms with van der Waals surface area (Å²) in [4.78, 5) is 34.4. The fourth-order valence-electron chi connectivity index (χ4n) is 3.13. The number of aliphatic carboxylic acids is 1. The zero-order valence-corrected chi connectivity index (χ0v) is 17.5. The summed E-state index contributed by atoms with van der Waals surface area (Å²) in [5, 5.41) is 10.3. The Hall–Kier alpha value is -2.56. The summed E-state index contributed by atoms with van der Waals surface area (Å²) in [7, 11) is 0. The average molecular weight is 475 g/mol. The van der Waals surface area contributed by atoms with Gasteiger partial charge in [-0.15, -0.1) is 23.7 Å². The second kappa shape index (κ2) is 8.66. The number of hydrogen-bond acceptors (Lipinski definition) is 6. The highest BCUT2D eigenvalue weighted by Gasteiger charge is 2.27. The molecule has 0 radical (unpaired) electrons. The Morgan fingerprint density at radius 2 is 1.80 bits per heavy atom. The minimum atomic E-state index is -1.50. The summed E-state index contributed by atoms with van der Waals surface area (Å²) in [5.41, 5.74) is 0.467. The van der Waals surface area contributed by atoms with Crippen molar-refractivity contribution in [2.24, 2.45) is 0 Å². The van der Waals surface area contributed by atoms with Crippen LogP contribution in [0.25, 0.3) is 21.6 Å². The van der Waals surface area contributed by atoms with Gasteiger partial charge in [0.25, 0.3) is 0 Å². The van der Waals surface area contributed by atoms with Gasteiger partial charge in [0.05, 0.1) is 20.8 Å². The van der Waals surface area contributed by atoms with Gasteiger partial charge in [-0.1, -0.05) is 11.6 Å². The molecule has 7 nitrogen and oxygen atoms in total. The quantitative estimate of drug-likeness (QED) is 0.452. The van der Waals surface area contributed by atoms with Gasteiger partial charge in [-0.05, 0) is 23.6 Å². The molecule has 1 saturated heterocycles. The molecule has 2 aromatic heterocycles. The van der Waals surface area contributed by atoms with Gasteiger partial charge in [-0.25, -0.2) is 23.5 Å².